The van der Waals surface area contributed by atoms with Crippen molar-refractivity contribution in [3.05, 3.63) is 21.3 Å². The van der Waals surface area contributed by atoms with Crippen LogP contribution in [0.2, 0.25) is 4.34 Å². The van der Waals surface area contributed by atoms with E-state index in [0.717, 1.165) is 12.8 Å². The summed E-state index contributed by atoms with van der Waals surface area (Å²) in [7, 11) is 0. The average molecular weight is 354 g/mol. The Labute approximate surface area is 145 Å². The topological polar surface area (TPSA) is 82.0 Å². The van der Waals surface area contributed by atoms with E-state index >= 15 is 0 Å². The van der Waals surface area contributed by atoms with Gasteiger partial charge in [0.1, 0.15) is 12.6 Å². The Bertz CT molecular complexity index is 590. The normalized spacial score (nSPS) is 16.3. The number of nitrogens with zero attached hydrogens (tertiary/aromatic N) is 1. The fourth-order valence-corrected chi connectivity index (χ4v) is 3.85. The summed E-state index contributed by atoms with van der Waals surface area (Å²) in [6.45, 7) is -0.0549. The molecule has 0 aromatic carbocycles. The molecule has 2 rings (SSSR count). The molecule has 0 radical (unpaired) electrons. The maximum atomic E-state index is 12.3. The Balaban J connectivity index is 2.01. The number of carbonyl (C=O) groups excluding carboxylic acids is 2. The lowest BCUT2D eigenvalue weighted by atomic mass is 9.84. The van der Waals surface area contributed by atoms with Crippen molar-refractivity contribution < 1.29 is 9.59 Å². The SMILES string of the molecule is N#CCNC(=O)[C@H](CC1CCCCC1)NC(=O)c1ccc(Cl)s1. The first-order valence-corrected chi connectivity index (χ1v) is 9.00. The largest absolute Gasteiger partial charge is 0.341 e. The zero-order chi connectivity index (χ0) is 16.7. The first-order valence-electron chi connectivity index (χ1n) is 7.81. The lowest BCUT2D eigenvalue weighted by molar-refractivity contribution is -0.123. The van der Waals surface area contributed by atoms with E-state index in [1.165, 1.54) is 30.6 Å². The van der Waals surface area contributed by atoms with Gasteiger partial charge in [-0.05, 0) is 24.5 Å². The summed E-state index contributed by atoms with van der Waals surface area (Å²) in [6, 6.07) is 4.58. The van der Waals surface area contributed by atoms with Crippen LogP contribution in [0.5, 0.6) is 0 Å². The summed E-state index contributed by atoms with van der Waals surface area (Å²) in [6.07, 6.45) is 6.37. The zero-order valence-electron chi connectivity index (χ0n) is 12.8. The number of amides is 2. The van der Waals surface area contributed by atoms with Crippen molar-refractivity contribution in [1.29, 1.82) is 5.26 Å². The average Bonchev–Trinajstić information content (AvgIpc) is 2.99. The predicted molar refractivity (Wildman–Crippen MR) is 90.4 cm³/mol. The van der Waals surface area contributed by atoms with Crippen molar-refractivity contribution in [2.75, 3.05) is 6.54 Å². The number of hydrogen-bond acceptors (Lipinski definition) is 4. The van der Waals surface area contributed by atoms with Crippen LogP contribution in [0.3, 0.4) is 0 Å². The second-order valence-corrected chi connectivity index (χ2v) is 7.46. The number of halogens is 1. The highest BCUT2D eigenvalue weighted by atomic mass is 35.5. The highest BCUT2D eigenvalue weighted by Gasteiger charge is 2.26. The van der Waals surface area contributed by atoms with Gasteiger partial charge in [0.05, 0.1) is 15.3 Å². The van der Waals surface area contributed by atoms with E-state index in [1.807, 2.05) is 6.07 Å². The van der Waals surface area contributed by atoms with Gasteiger partial charge < -0.3 is 10.6 Å². The van der Waals surface area contributed by atoms with E-state index in [-0.39, 0.29) is 18.4 Å². The molecule has 1 saturated carbocycles. The Morgan fingerprint density at radius 2 is 2.09 bits per heavy atom. The van der Waals surface area contributed by atoms with Gasteiger partial charge in [-0.2, -0.15) is 5.26 Å². The van der Waals surface area contributed by atoms with Crippen LogP contribution < -0.4 is 10.6 Å². The first-order chi connectivity index (χ1) is 11.1. The summed E-state index contributed by atoms with van der Waals surface area (Å²) in [5.41, 5.74) is 0. The lowest BCUT2D eigenvalue weighted by Gasteiger charge is -2.26. The fourth-order valence-electron chi connectivity index (χ4n) is 2.90. The Morgan fingerprint density at radius 3 is 2.70 bits per heavy atom. The standard InChI is InChI=1S/C16H20ClN3O2S/c17-14-7-6-13(23-14)16(22)20-12(15(21)19-9-8-18)10-11-4-2-1-3-5-11/h6-7,11-12H,1-5,9-10H2,(H,19,21)(H,20,22)/t12-/m0/s1. The number of nitrogens with one attached hydrogen (secondary N) is 2. The molecule has 0 saturated heterocycles. The summed E-state index contributed by atoms with van der Waals surface area (Å²) < 4.78 is 0.535. The highest BCUT2D eigenvalue weighted by Crippen LogP contribution is 2.28. The molecule has 0 unspecified atom stereocenters. The molecule has 124 valence electrons. The van der Waals surface area contributed by atoms with Crippen molar-refractivity contribution in [2.45, 2.75) is 44.6 Å². The van der Waals surface area contributed by atoms with E-state index in [0.29, 0.717) is 21.6 Å². The monoisotopic (exact) mass is 353 g/mol. The molecule has 5 nitrogen and oxygen atoms in total. The van der Waals surface area contributed by atoms with E-state index in [2.05, 4.69) is 10.6 Å². The van der Waals surface area contributed by atoms with Gasteiger partial charge in [-0.1, -0.05) is 43.7 Å². The van der Waals surface area contributed by atoms with Crippen LogP contribution in [0, 0.1) is 17.2 Å². The molecule has 1 aliphatic rings. The molecule has 1 aromatic heterocycles. The molecule has 0 aliphatic heterocycles. The van der Waals surface area contributed by atoms with E-state index in [1.54, 1.807) is 12.1 Å². The van der Waals surface area contributed by atoms with Gasteiger partial charge in [0.15, 0.2) is 0 Å². The van der Waals surface area contributed by atoms with Crippen LogP contribution in [0.15, 0.2) is 12.1 Å². The van der Waals surface area contributed by atoms with Crippen LogP contribution >= 0.6 is 22.9 Å². The Hall–Kier alpha value is -1.58. The minimum atomic E-state index is -0.611. The third kappa shape index (κ3) is 5.52. The minimum Gasteiger partial charge on any atom is -0.341 e. The van der Waals surface area contributed by atoms with Crippen LogP contribution in [-0.2, 0) is 4.79 Å². The van der Waals surface area contributed by atoms with Gasteiger partial charge in [0.2, 0.25) is 5.91 Å². The second kappa shape index (κ2) is 8.90. The molecule has 2 amide bonds. The van der Waals surface area contributed by atoms with Gasteiger partial charge in [-0.3, -0.25) is 9.59 Å². The molecule has 1 atom stereocenters. The molecule has 2 N–H and O–H groups in total. The third-order valence-corrected chi connectivity index (χ3v) is 5.28. The van der Waals surface area contributed by atoms with Crippen molar-refractivity contribution >= 4 is 34.8 Å². The molecule has 1 aromatic rings. The van der Waals surface area contributed by atoms with Gasteiger partial charge in [-0.15, -0.1) is 11.3 Å². The van der Waals surface area contributed by atoms with Crippen molar-refractivity contribution in [1.82, 2.24) is 10.6 Å². The summed E-state index contributed by atoms with van der Waals surface area (Å²) in [5.74, 6) is -0.156. The van der Waals surface area contributed by atoms with E-state index < -0.39 is 6.04 Å². The van der Waals surface area contributed by atoms with E-state index in [4.69, 9.17) is 16.9 Å². The predicted octanol–water partition coefficient (Wildman–Crippen LogP) is 3.11. The van der Waals surface area contributed by atoms with Crippen LogP contribution in [0.1, 0.15) is 48.2 Å². The Morgan fingerprint density at radius 1 is 1.35 bits per heavy atom. The van der Waals surface area contributed by atoms with Crippen LogP contribution in [-0.4, -0.2) is 24.4 Å². The van der Waals surface area contributed by atoms with E-state index in [9.17, 15) is 9.59 Å². The first kappa shape index (κ1) is 17.8. The molecule has 0 bridgehead atoms. The van der Waals surface area contributed by atoms with Crippen molar-refractivity contribution in [2.24, 2.45) is 5.92 Å². The molecule has 0 spiro atoms. The molecular formula is C16H20ClN3O2S. The molecular weight excluding hydrogens is 334 g/mol. The number of thiophene rings is 1. The second-order valence-electron chi connectivity index (χ2n) is 5.75. The maximum absolute atomic E-state index is 12.3. The Kier molecular flexibility index (Phi) is 6.87. The smallest absolute Gasteiger partial charge is 0.262 e. The zero-order valence-corrected chi connectivity index (χ0v) is 14.4. The number of rotatable bonds is 6. The molecule has 23 heavy (non-hydrogen) atoms. The summed E-state index contributed by atoms with van der Waals surface area (Å²) >= 11 is 7.03. The van der Waals surface area contributed by atoms with Gasteiger partial charge >= 0.3 is 0 Å². The molecule has 1 fully saturated rings. The van der Waals surface area contributed by atoms with Gasteiger partial charge in [0, 0.05) is 0 Å². The molecule has 7 heteroatoms. The highest BCUT2D eigenvalue weighted by molar-refractivity contribution is 7.18. The van der Waals surface area contributed by atoms with Gasteiger partial charge in [-0.25, -0.2) is 0 Å². The van der Waals surface area contributed by atoms with Crippen molar-refractivity contribution in [3.63, 3.8) is 0 Å². The maximum Gasteiger partial charge on any atom is 0.262 e. The lowest BCUT2D eigenvalue weighted by Crippen LogP contribution is -2.47. The third-order valence-electron chi connectivity index (χ3n) is 4.05. The number of nitriles is 1. The van der Waals surface area contributed by atoms with Gasteiger partial charge in [0.25, 0.3) is 5.91 Å². The molecule has 1 aliphatic carbocycles. The summed E-state index contributed by atoms with van der Waals surface area (Å²) in [4.78, 5) is 25.0. The van der Waals surface area contributed by atoms with Crippen molar-refractivity contribution in [3.8, 4) is 6.07 Å². The quantitative estimate of drug-likeness (QED) is 0.771. The molecule has 1 heterocycles. The fraction of sp³-hybridized carbons (Fsp3) is 0.562. The summed E-state index contributed by atoms with van der Waals surface area (Å²) in [5, 5.41) is 14.0. The van der Waals surface area contributed by atoms with Crippen LogP contribution in [0.4, 0.5) is 0 Å². The number of carbonyl (C=O) groups is 2. The van der Waals surface area contributed by atoms with Crippen LogP contribution in [0.25, 0.3) is 0 Å². The minimum absolute atomic E-state index is 0.0549. The number of hydrogen-bond donors (Lipinski definition) is 2.